The van der Waals surface area contributed by atoms with Gasteiger partial charge in [0.05, 0.1) is 13.2 Å². The Kier molecular flexibility index (Phi) is 54.0. The average molecular weight is 1020 g/mol. The van der Waals surface area contributed by atoms with Crippen molar-refractivity contribution in [2.45, 2.75) is 322 Å². The number of unbranched alkanes of at least 4 members (excludes halogenated alkanes) is 41. The number of carbonyl (C=O) groups excluding carboxylic acids is 2. The van der Waals surface area contributed by atoms with E-state index in [2.05, 4.69) is 19.2 Å². The highest BCUT2D eigenvalue weighted by atomic mass is 31.2. The van der Waals surface area contributed by atoms with Crippen LogP contribution in [-0.4, -0.2) is 66.9 Å². The molecule has 0 bridgehead atoms. The molecule has 0 saturated heterocycles. The lowest BCUT2D eigenvalue weighted by Crippen LogP contribution is -2.29. The van der Waals surface area contributed by atoms with Crippen LogP contribution in [0.25, 0.3) is 0 Å². The summed E-state index contributed by atoms with van der Waals surface area (Å²) in [5.41, 5.74) is 0. The summed E-state index contributed by atoms with van der Waals surface area (Å²) in [6.07, 6.45) is 53.7. The van der Waals surface area contributed by atoms with Crippen LogP contribution in [0.4, 0.5) is 0 Å². The Morgan fingerprint density at radius 2 is 0.714 bits per heavy atom. The standard InChI is InChI=1S/C58H114NO10P/c1-3-5-7-9-11-13-15-23-28-32-36-40-44-48-57(62)66-53-55(69-58(63)49-45-41-37-33-29-24-16-14-12-10-8-6-4-2)54-68-70(64,65)67-52-51-59-50-46-42-38-34-30-26-22-20-18-17-19-21-25-27-31-35-39-43-47-56(60)61/h55,59H,3-54H2,1-2H3,(H,60,61)(H,64,65). The van der Waals surface area contributed by atoms with E-state index in [1.807, 2.05) is 0 Å². The zero-order valence-electron chi connectivity index (χ0n) is 46.0. The van der Waals surface area contributed by atoms with Gasteiger partial charge >= 0.3 is 25.7 Å². The zero-order valence-corrected chi connectivity index (χ0v) is 46.8. The molecule has 0 aromatic heterocycles. The molecule has 0 rings (SSSR count). The van der Waals surface area contributed by atoms with Crippen LogP contribution >= 0.6 is 7.82 Å². The van der Waals surface area contributed by atoms with Crippen molar-refractivity contribution < 1.29 is 47.5 Å². The molecule has 416 valence electrons. The number of ether oxygens (including phenoxy) is 2. The number of hydrogen-bond donors (Lipinski definition) is 3. The van der Waals surface area contributed by atoms with Crippen LogP contribution in [0.15, 0.2) is 0 Å². The third kappa shape index (κ3) is 55.8. The second kappa shape index (κ2) is 55.2. The van der Waals surface area contributed by atoms with Gasteiger partial charge in [-0.3, -0.25) is 23.4 Å². The summed E-state index contributed by atoms with van der Waals surface area (Å²) >= 11 is 0. The van der Waals surface area contributed by atoms with Crippen LogP contribution in [0.2, 0.25) is 0 Å². The number of phosphoric ester groups is 1. The SMILES string of the molecule is CCCCCCCCCCCCCCCC(=O)OCC(COP(=O)(O)OCCNCCCCCCCCCCCCCCCCCCCCC(=O)O)OC(=O)CCCCCCCCCCCCCCC. The zero-order chi connectivity index (χ0) is 51.1. The molecule has 0 spiro atoms. The molecule has 0 heterocycles. The van der Waals surface area contributed by atoms with Gasteiger partial charge in [0.15, 0.2) is 6.10 Å². The molecule has 0 amide bonds. The van der Waals surface area contributed by atoms with E-state index in [0.29, 0.717) is 19.4 Å². The average Bonchev–Trinajstić information content (AvgIpc) is 3.34. The molecular weight excluding hydrogens is 902 g/mol. The predicted molar refractivity (Wildman–Crippen MR) is 291 cm³/mol. The van der Waals surface area contributed by atoms with Gasteiger partial charge in [-0.25, -0.2) is 4.57 Å². The maximum Gasteiger partial charge on any atom is 0.472 e. The molecule has 0 aliphatic rings. The molecule has 0 aliphatic carbocycles. The highest BCUT2D eigenvalue weighted by Crippen LogP contribution is 2.43. The monoisotopic (exact) mass is 1020 g/mol. The second-order valence-electron chi connectivity index (χ2n) is 20.6. The highest BCUT2D eigenvalue weighted by molar-refractivity contribution is 7.47. The van der Waals surface area contributed by atoms with Crippen molar-refractivity contribution in [2.24, 2.45) is 0 Å². The first-order chi connectivity index (χ1) is 34.2. The summed E-state index contributed by atoms with van der Waals surface area (Å²) in [4.78, 5) is 46.4. The minimum atomic E-state index is -4.42. The molecule has 2 atom stereocenters. The lowest BCUT2D eigenvalue weighted by molar-refractivity contribution is -0.161. The van der Waals surface area contributed by atoms with E-state index >= 15 is 0 Å². The van der Waals surface area contributed by atoms with Gasteiger partial charge in [0.2, 0.25) is 0 Å². The Morgan fingerprint density at radius 3 is 1.07 bits per heavy atom. The van der Waals surface area contributed by atoms with Crippen LogP contribution in [-0.2, 0) is 37.5 Å². The lowest BCUT2D eigenvalue weighted by atomic mass is 10.0. The van der Waals surface area contributed by atoms with Crippen LogP contribution in [0, 0.1) is 0 Å². The number of esters is 2. The van der Waals surface area contributed by atoms with Crippen molar-refractivity contribution in [1.82, 2.24) is 5.32 Å². The van der Waals surface area contributed by atoms with Gasteiger partial charge in [-0.1, -0.05) is 271 Å². The van der Waals surface area contributed by atoms with E-state index in [4.69, 9.17) is 23.6 Å². The summed E-state index contributed by atoms with van der Waals surface area (Å²) in [6.45, 7) is 5.11. The van der Waals surface area contributed by atoms with E-state index in [0.717, 1.165) is 64.3 Å². The molecule has 0 aromatic carbocycles. The molecular formula is C58H114NO10P. The van der Waals surface area contributed by atoms with Gasteiger partial charge in [-0.2, -0.15) is 0 Å². The van der Waals surface area contributed by atoms with E-state index in [9.17, 15) is 23.8 Å². The van der Waals surface area contributed by atoms with Crippen LogP contribution < -0.4 is 5.32 Å². The highest BCUT2D eigenvalue weighted by Gasteiger charge is 2.26. The molecule has 0 saturated carbocycles. The van der Waals surface area contributed by atoms with Gasteiger partial charge in [0.1, 0.15) is 6.61 Å². The number of carboxylic acid groups (broad SMARTS) is 1. The maximum absolute atomic E-state index is 12.8. The molecule has 2 unspecified atom stereocenters. The molecule has 0 radical (unpaired) electrons. The molecule has 70 heavy (non-hydrogen) atoms. The van der Waals surface area contributed by atoms with E-state index in [-0.39, 0.29) is 32.0 Å². The van der Waals surface area contributed by atoms with E-state index in [1.165, 1.54) is 218 Å². The van der Waals surface area contributed by atoms with Gasteiger partial charge in [-0.15, -0.1) is 0 Å². The number of aliphatic carboxylic acids is 1. The molecule has 12 heteroatoms. The van der Waals surface area contributed by atoms with Crippen LogP contribution in [0.1, 0.15) is 316 Å². The Bertz CT molecular complexity index is 1170. The summed E-state index contributed by atoms with van der Waals surface area (Å²) in [7, 11) is -4.42. The van der Waals surface area contributed by atoms with E-state index < -0.39 is 32.5 Å². The first-order valence-electron chi connectivity index (χ1n) is 30.1. The van der Waals surface area contributed by atoms with Gasteiger partial charge in [-0.05, 0) is 32.2 Å². The van der Waals surface area contributed by atoms with Crippen LogP contribution in [0.5, 0.6) is 0 Å². The Morgan fingerprint density at radius 1 is 0.400 bits per heavy atom. The van der Waals surface area contributed by atoms with Crippen LogP contribution in [0.3, 0.4) is 0 Å². The van der Waals surface area contributed by atoms with Crippen molar-refractivity contribution in [2.75, 3.05) is 32.9 Å². The van der Waals surface area contributed by atoms with Crippen molar-refractivity contribution in [3.05, 3.63) is 0 Å². The Labute approximate surface area is 431 Å². The smallest absolute Gasteiger partial charge is 0.472 e. The number of carbonyl (C=O) groups is 3. The van der Waals surface area contributed by atoms with Gasteiger partial charge in [0, 0.05) is 25.8 Å². The third-order valence-electron chi connectivity index (χ3n) is 13.6. The topological polar surface area (TPSA) is 158 Å². The van der Waals surface area contributed by atoms with Crippen molar-refractivity contribution in [3.63, 3.8) is 0 Å². The van der Waals surface area contributed by atoms with Crippen molar-refractivity contribution >= 4 is 25.7 Å². The summed E-state index contributed by atoms with van der Waals surface area (Å²) in [5.74, 6) is -1.47. The molecule has 3 N–H and O–H groups in total. The largest absolute Gasteiger partial charge is 0.481 e. The number of carboxylic acids is 1. The van der Waals surface area contributed by atoms with E-state index in [1.54, 1.807) is 0 Å². The van der Waals surface area contributed by atoms with Crippen molar-refractivity contribution in [3.8, 4) is 0 Å². The molecule has 0 aromatic rings. The first kappa shape index (κ1) is 68.5. The first-order valence-corrected chi connectivity index (χ1v) is 31.6. The summed E-state index contributed by atoms with van der Waals surface area (Å²) < 4.78 is 34.3. The minimum Gasteiger partial charge on any atom is -0.481 e. The maximum atomic E-state index is 12.8. The Hall–Kier alpha value is -1.52. The fraction of sp³-hybridized carbons (Fsp3) is 0.948. The third-order valence-corrected chi connectivity index (χ3v) is 14.6. The second-order valence-corrected chi connectivity index (χ2v) is 22.1. The quantitative estimate of drug-likeness (QED) is 0.0303. The minimum absolute atomic E-state index is 0.00295. The number of rotatable bonds is 59. The Balaban J connectivity index is 4.26. The molecule has 11 nitrogen and oxygen atoms in total. The van der Waals surface area contributed by atoms with Gasteiger partial charge in [0.25, 0.3) is 0 Å². The number of nitrogens with one attached hydrogen (secondary N) is 1. The van der Waals surface area contributed by atoms with Gasteiger partial charge < -0.3 is 24.8 Å². The fourth-order valence-electron chi connectivity index (χ4n) is 9.12. The summed E-state index contributed by atoms with van der Waals surface area (Å²) in [6, 6.07) is 0. The number of phosphoric acid groups is 1. The normalized spacial score (nSPS) is 12.8. The van der Waals surface area contributed by atoms with Crippen molar-refractivity contribution in [1.29, 1.82) is 0 Å². The molecule has 0 aliphatic heterocycles. The fourth-order valence-corrected chi connectivity index (χ4v) is 9.87. The lowest BCUT2D eigenvalue weighted by Gasteiger charge is -2.20. The number of hydrogen-bond acceptors (Lipinski definition) is 9. The molecule has 0 fully saturated rings. The summed E-state index contributed by atoms with van der Waals surface area (Å²) in [5, 5.41) is 12.0. The predicted octanol–water partition coefficient (Wildman–Crippen LogP) is 17.6.